The molecule has 4 rings (SSSR count). The quantitative estimate of drug-likeness (QED) is 0.708. The van der Waals surface area contributed by atoms with Crippen molar-refractivity contribution in [1.82, 2.24) is 29.6 Å². The molecule has 0 atom stereocenters. The monoisotopic (exact) mass is 400 g/mol. The van der Waals surface area contributed by atoms with Crippen molar-refractivity contribution in [3.63, 3.8) is 0 Å². The zero-order chi connectivity index (χ0) is 19.7. The summed E-state index contributed by atoms with van der Waals surface area (Å²) < 4.78 is 3.64. The van der Waals surface area contributed by atoms with E-state index in [0.29, 0.717) is 18.5 Å². The van der Waals surface area contributed by atoms with E-state index < -0.39 is 0 Å². The fraction of sp³-hybridized carbons (Fsp3) is 0.526. The molecule has 1 aliphatic rings. The summed E-state index contributed by atoms with van der Waals surface area (Å²) in [7, 11) is 0. The number of aromatic nitrogens is 5. The van der Waals surface area contributed by atoms with Crippen molar-refractivity contribution in [2.45, 2.75) is 65.6 Å². The number of carbonyl (C=O) groups is 1. The number of hydrogen-bond acceptors (Lipinski definition) is 6. The van der Waals surface area contributed by atoms with Crippen molar-refractivity contribution in [2.24, 2.45) is 0 Å². The minimum Gasteiger partial charge on any atom is -0.349 e. The first-order valence-electron chi connectivity index (χ1n) is 9.67. The highest BCUT2D eigenvalue weighted by Gasteiger charge is 2.16. The summed E-state index contributed by atoms with van der Waals surface area (Å²) in [4.78, 5) is 31.2. The van der Waals surface area contributed by atoms with Crippen LogP contribution in [0, 0.1) is 13.8 Å². The number of nitrogens with zero attached hydrogens (tertiary/aromatic N) is 5. The maximum absolute atomic E-state index is 12.7. The molecule has 4 heterocycles. The second-order valence-corrected chi connectivity index (χ2v) is 8.43. The summed E-state index contributed by atoms with van der Waals surface area (Å²) in [6.45, 7) is 5.51. The van der Waals surface area contributed by atoms with E-state index in [4.69, 9.17) is 0 Å². The van der Waals surface area contributed by atoms with E-state index >= 15 is 0 Å². The number of rotatable bonds is 5. The van der Waals surface area contributed by atoms with Crippen LogP contribution < -0.4 is 10.9 Å². The van der Waals surface area contributed by atoms with Gasteiger partial charge in [0.1, 0.15) is 10.7 Å². The second kappa shape index (κ2) is 7.83. The van der Waals surface area contributed by atoms with Crippen LogP contribution in [0.1, 0.15) is 47.8 Å². The third-order valence-corrected chi connectivity index (χ3v) is 6.48. The van der Waals surface area contributed by atoms with E-state index in [2.05, 4.69) is 25.1 Å². The average Bonchev–Trinajstić information content (AvgIpc) is 3.09. The Balaban J connectivity index is 1.38. The van der Waals surface area contributed by atoms with Crippen LogP contribution >= 0.6 is 11.3 Å². The normalized spacial score (nSPS) is 14.1. The molecule has 28 heavy (non-hydrogen) atoms. The second-order valence-electron chi connectivity index (χ2n) is 7.23. The molecule has 0 aromatic carbocycles. The van der Waals surface area contributed by atoms with Crippen molar-refractivity contribution in [2.75, 3.05) is 0 Å². The lowest BCUT2D eigenvalue weighted by Crippen LogP contribution is -2.28. The molecular formula is C19H24N6O2S. The minimum atomic E-state index is -0.115. The van der Waals surface area contributed by atoms with E-state index in [1.165, 1.54) is 28.7 Å². The summed E-state index contributed by atoms with van der Waals surface area (Å²) in [6, 6.07) is 0. The highest BCUT2D eigenvalue weighted by Crippen LogP contribution is 2.25. The molecule has 8 nitrogen and oxygen atoms in total. The van der Waals surface area contributed by atoms with Crippen molar-refractivity contribution < 1.29 is 4.79 Å². The first-order chi connectivity index (χ1) is 13.5. The van der Waals surface area contributed by atoms with E-state index in [9.17, 15) is 9.59 Å². The summed E-state index contributed by atoms with van der Waals surface area (Å²) >= 11 is 1.53. The molecule has 0 radical (unpaired) electrons. The number of hydrogen-bond donors (Lipinski definition) is 1. The molecule has 0 saturated carbocycles. The smallest absolute Gasteiger partial charge is 0.262 e. The lowest BCUT2D eigenvalue weighted by molar-refractivity contribution is -0.121. The van der Waals surface area contributed by atoms with Crippen LogP contribution in [0.2, 0.25) is 0 Å². The van der Waals surface area contributed by atoms with Crippen LogP contribution in [-0.2, 0) is 30.8 Å². The fourth-order valence-corrected chi connectivity index (χ4v) is 4.58. The Morgan fingerprint density at radius 3 is 2.96 bits per heavy atom. The van der Waals surface area contributed by atoms with Gasteiger partial charge in [0, 0.05) is 30.8 Å². The third kappa shape index (κ3) is 3.58. The molecule has 0 fully saturated rings. The molecule has 0 bridgehead atoms. The Morgan fingerprint density at radius 1 is 1.25 bits per heavy atom. The van der Waals surface area contributed by atoms with Crippen molar-refractivity contribution in [1.29, 1.82) is 0 Å². The SMILES string of the molecule is Cc1sc2ncn(CCC(=O)NCc3nnc4n3CCCCC4)c(=O)c2c1C. The van der Waals surface area contributed by atoms with E-state index in [1.54, 1.807) is 0 Å². The fourth-order valence-electron chi connectivity index (χ4n) is 3.59. The van der Waals surface area contributed by atoms with Gasteiger partial charge >= 0.3 is 0 Å². The number of amides is 1. The van der Waals surface area contributed by atoms with E-state index in [1.807, 2.05) is 13.8 Å². The van der Waals surface area contributed by atoms with E-state index in [-0.39, 0.29) is 17.9 Å². The first-order valence-corrected chi connectivity index (χ1v) is 10.5. The summed E-state index contributed by atoms with van der Waals surface area (Å²) in [5.74, 6) is 1.69. The molecule has 0 spiro atoms. The lowest BCUT2D eigenvalue weighted by Gasteiger charge is -2.09. The Bertz CT molecular complexity index is 1080. The zero-order valence-electron chi connectivity index (χ0n) is 16.2. The summed E-state index contributed by atoms with van der Waals surface area (Å²) in [6.07, 6.45) is 6.15. The molecule has 1 amide bonds. The van der Waals surface area contributed by atoms with Crippen LogP contribution in [0.3, 0.4) is 0 Å². The van der Waals surface area contributed by atoms with Crippen LogP contribution in [-0.4, -0.2) is 30.2 Å². The maximum Gasteiger partial charge on any atom is 0.262 e. The highest BCUT2D eigenvalue weighted by atomic mass is 32.1. The molecular weight excluding hydrogens is 376 g/mol. The molecule has 0 aliphatic carbocycles. The van der Waals surface area contributed by atoms with Gasteiger partial charge in [-0.15, -0.1) is 21.5 Å². The van der Waals surface area contributed by atoms with Gasteiger partial charge in [-0.1, -0.05) is 6.42 Å². The Labute approximate surface area is 166 Å². The molecule has 0 unspecified atom stereocenters. The molecule has 9 heteroatoms. The lowest BCUT2D eigenvalue weighted by atomic mass is 10.2. The molecule has 0 saturated heterocycles. The Kier molecular flexibility index (Phi) is 5.25. The molecule has 148 valence electrons. The van der Waals surface area contributed by atoms with Gasteiger partial charge in [0.25, 0.3) is 5.56 Å². The van der Waals surface area contributed by atoms with Gasteiger partial charge in [0.05, 0.1) is 18.3 Å². The Morgan fingerprint density at radius 2 is 2.11 bits per heavy atom. The van der Waals surface area contributed by atoms with Gasteiger partial charge in [-0.3, -0.25) is 14.2 Å². The predicted octanol–water partition coefficient (Wildman–Crippen LogP) is 2.10. The summed E-state index contributed by atoms with van der Waals surface area (Å²) in [5.41, 5.74) is 0.895. The van der Waals surface area contributed by atoms with Gasteiger partial charge in [-0.2, -0.15) is 0 Å². The molecule has 3 aromatic heterocycles. The van der Waals surface area contributed by atoms with Gasteiger partial charge in [-0.25, -0.2) is 4.98 Å². The van der Waals surface area contributed by atoms with E-state index in [0.717, 1.165) is 52.7 Å². The van der Waals surface area contributed by atoms with Crippen molar-refractivity contribution in [3.8, 4) is 0 Å². The van der Waals surface area contributed by atoms with Gasteiger partial charge in [0.15, 0.2) is 5.82 Å². The maximum atomic E-state index is 12.7. The number of fused-ring (bicyclic) bond motifs is 2. The van der Waals surface area contributed by atoms with Gasteiger partial charge in [-0.05, 0) is 32.3 Å². The summed E-state index contributed by atoms with van der Waals surface area (Å²) in [5, 5.41) is 12.0. The first kappa shape index (κ1) is 18.8. The topological polar surface area (TPSA) is 94.7 Å². The van der Waals surface area contributed by atoms with Crippen molar-refractivity contribution in [3.05, 3.63) is 38.8 Å². The van der Waals surface area contributed by atoms with Crippen molar-refractivity contribution >= 4 is 27.5 Å². The molecule has 3 aromatic rings. The predicted molar refractivity (Wildman–Crippen MR) is 107 cm³/mol. The van der Waals surface area contributed by atoms with Crippen LogP contribution in [0.5, 0.6) is 0 Å². The number of carbonyl (C=O) groups excluding carboxylic acids is 1. The zero-order valence-corrected chi connectivity index (χ0v) is 17.0. The highest BCUT2D eigenvalue weighted by molar-refractivity contribution is 7.18. The Hall–Kier alpha value is -2.55. The number of aryl methyl sites for hydroxylation is 4. The average molecular weight is 401 g/mol. The minimum absolute atomic E-state index is 0.0811. The van der Waals surface area contributed by atoms with Crippen LogP contribution in [0.15, 0.2) is 11.1 Å². The van der Waals surface area contributed by atoms with Crippen LogP contribution in [0.4, 0.5) is 0 Å². The standard InChI is InChI=1S/C19H24N6O2S/c1-12-13(2)28-18-17(12)19(27)24(11-21-18)9-7-16(26)20-10-15-23-22-14-6-4-3-5-8-25(14)15/h11H,3-10H2,1-2H3,(H,20,26). The van der Waals surface area contributed by atoms with Gasteiger partial charge < -0.3 is 9.88 Å². The largest absolute Gasteiger partial charge is 0.349 e. The number of nitrogens with one attached hydrogen (secondary N) is 1. The third-order valence-electron chi connectivity index (χ3n) is 5.37. The molecule has 1 aliphatic heterocycles. The number of thiophene rings is 1. The van der Waals surface area contributed by atoms with Crippen LogP contribution in [0.25, 0.3) is 10.2 Å². The molecule has 1 N–H and O–H groups in total. The van der Waals surface area contributed by atoms with Gasteiger partial charge in [0.2, 0.25) is 5.91 Å².